The molecule has 7 nitrogen and oxygen atoms in total. The van der Waals surface area contributed by atoms with Crippen LogP contribution in [0.2, 0.25) is 0 Å². The van der Waals surface area contributed by atoms with E-state index in [2.05, 4.69) is 36.8 Å². The Labute approximate surface area is 171 Å². The van der Waals surface area contributed by atoms with E-state index in [0.29, 0.717) is 30.4 Å². The fourth-order valence-corrected chi connectivity index (χ4v) is 4.40. The van der Waals surface area contributed by atoms with Gasteiger partial charge in [-0.15, -0.1) is 0 Å². The lowest BCUT2D eigenvalue weighted by Crippen LogP contribution is -2.47. The van der Waals surface area contributed by atoms with E-state index >= 15 is 0 Å². The van der Waals surface area contributed by atoms with Gasteiger partial charge in [-0.3, -0.25) is 9.69 Å². The number of hydrogen-bond acceptors (Lipinski definition) is 8. The molecule has 0 amide bonds. The quantitative estimate of drug-likeness (QED) is 0.546. The maximum absolute atomic E-state index is 11.9. The van der Waals surface area contributed by atoms with Gasteiger partial charge in [0, 0.05) is 30.7 Å². The van der Waals surface area contributed by atoms with Crippen LogP contribution in [0.25, 0.3) is 0 Å². The van der Waals surface area contributed by atoms with Gasteiger partial charge in [0.1, 0.15) is 16.9 Å². The fraction of sp³-hybridized carbons (Fsp3) is 0.650. The average Bonchev–Trinajstić information content (AvgIpc) is 2.67. The predicted molar refractivity (Wildman–Crippen MR) is 109 cm³/mol. The third kappa shape index (κ3) is 4.27. The summed E-state index contributed by atoms with van der Waals surface area (Å²) < 4.78 is 10.5. The molecule has 3 heterocycles. The van der Waals surface area contributed by atoms with Gasteiger partial charge in [0.05, 0.1) is 31.1 Å². The Hall–Kier alpha value is -1.82. The smallest absolute Gasteiger partial charge is 0.316 e. The van der Waals surface area contributed by atoms with E-state index in [1.807, 2.05) is 0 Å². The second kappa shape index (κ2) is 8.68. The molecule has 0 bridgehead atoms. The lowest BCUT2D eigenvalue weighted by atomic mass is 9.84. The number of rotatable bonds is 5. The largest absolute Gasteiger partial charge is 0.465 e. The molecule has 2 aliphatic heterocycles. The zero-order valence-corrected chi connectivity index (χ0v) is 17.9. The van der Waals surface area contributed by atoms with Crippen LogP contribution in [0, 0.1) is 11.3 Å². The normalized spacial score (nSPS) is 19.0. The van der Waals surface area contributed by atoms with E-state index < -0.39 is 0 Å². The van der Waals surface area contributed by atoms with Crippen molar-refractivity contribution in [2.45, 2.75) is 44.3 Å². The number of carbonyl (C=O) groups is 1. The van der Waals surface area contributed by atoms with Crippen molar-refractivity contribution in [1.29, 1.82) is 5.26 Å². The molecule has 0 aromatic carbocycles. The van der Waals surface area contributed by atoms with Crippen LogP contribution in [-0.2, 0) is 27.2 Å². The van der Waals surface area contributed by atoms with E-state index in [1.54, 1.807) is 6.92 Å². The summed E-state index contributed by atoms with van der Waals surface area (Å²) in [6.45, 7) is 10.2. The van der Waals surface area contributed by atoms with Crippen molar-refractivity contribution in [2.75, 3.05) is 50.6 Å². The van der Waals surface area contributed by atoms with E-state index in [-0.39, 0.29) is 17.3 Å². The van der Waals surface area contributed by atoms with Crippen molar-refractivity contribution in [1.82, 2.24) is 9.88 Å². The van der Waals surface area contributed by atoms with Crippen LogP contribution in [0.5, 0.6) is 0 Å². The Kier molecular flexibility index (Phi) is 6.48. The Bertz CT molecular complexity index is 785. The molecule has 0 atom stereocenters. The summed E-state index contributed by atoms with van der Waals surface area (Å²) in [6, 6.07) is 2.37. The molecule has 0 N–H and O–H groups in total. The molecule has 1 aromatic rings. The Balaban J connectivity index is 2.05. The first-order chi connectivity index (χ1) is 13.4. The van der Waals surface area contributed by atoms with Gasteiger partial charge < -0.3 is 14.4 Å². The molecule has 1 fully saturated rings. The summed E-state index contributed by atoms with van der Waals surface area (Å²) in [5.74, 6) is 0.787. The van der Waals surface area contributed by atoms with E-state index in [9.17, 15) is 10.1 Å². The first kappa shape index (κ1) is 20.9. The van der Waals surface area contributed by atoms with Crippen molar-refractivity contribution in [3.8, 4) is 6.07 Å². The maximum atomic E-state index is 11.9. The first-order valence-electron chi connectivity index (χ1n) is 9.65. The van der Waals surface area contributed by atoms with Gasteiger partial charge in [-0.25, -0.2) is 4.98 Å². The van der Waals surface area contributed by atoms with Crippen molar-refractivity contribution in [3.05, 3.63) is 16.7 Å². The molecular weight excluding hydrogens is 376 g/mol. The number of likely N-dealkylation sites (N-methyl/N-ethyl adjacent to an activating group) is 1. The van der Waals surface area contributed by atoms with Crippen LogP contribution in [0.15, 0.2) is 5.03 Å². The monoisotopic (exact) mass is 404 g/mol. The molecule has 152 valence electrons. The third-order valence-electron chi connectivity index (χ3n) is 5.45. The summed E-state index contributed by atoms with van der Waals surface area (Å²) in [5, 5.41) is 10.5. The topological polar surface area (TPSA) is 78.7 Å². The Morgan fingerprint density at radius 1 is 1.36 bits per heavy atom. The lowest BCUT2D eigenvalue weighted by molar-refractivity contribution is -0.139. The second-order valence-electron chi connectivity index (χ2n) is 7.72. The van der Waals surface area contributed by atoms with E-state index in [4.69, 9.17) is 14.5 Å². The highest BCUT2D eigenvalue weighted by molar-refractivity contribution is 7.99. The minimum Gasteiger partial charge on any atom is -0.465 e. The van der Waals surface area contributed by atoms with Gasteiger partial charge in [0.25, 0.3) is 0 Å². The molecule has 0 radical (unpaired) electrons. The Morgan fingerprint density at radius 2 is 2.07 bits per heavy atom. The van der Waals surface area contributed by atoms with E-state index in [1.165, 1.54) is 11.8 Å². The first-order valence-corrected chi connectivity index (χ1v) is 10.6. The number of thioether (sulfide) groups is 1. The number of morpholine rings is 1. The van der Waals surface area contributed by atoms with Gasteiger partial charge in [0.2, 0.25) is 0 Å². The highest BCUT2D eigenvalue weighted by Gasteiger charge is 2.36. The fourth-order valence-electron chi connectivity index (χ4n) is 3.60. The maximum Gasteiger partial charge on any atom is 0.316 e. The molecule has 28 heavy (non-hydrogen) atoms. The number of ether oxygens (including phenoxy) is 2. The molecule has 1 aromatic heterocycles. The molecule has 1 saturated heterocycles. The number of anilines is 1. The number of nitrogens with zero attached hydrogens (tertiary/aromatic N) is 4. The van der Waals surface area contributed by atoms with Gasteiger partial charge in [0.15, 0.2) is 0 Å². The molecule has 0 spiro atoms. The third-order valence-corrected chi connectivity index (χ3v) is 6.40. The number of nitriles is 1. The number of aromatic nitrogens is 1. The summed E-state index contributed by atoms with van der Waals surface area (Å²) in [6.07, 6.45) is 0.772. The minimum absolute atomic E-state index is 0.0503. The van der Waals surface area contributed by atoms with Crippen LogP contribution in [0.1, 0.15) is 37.5 Å². The summed E-state index contributed by atoms with van der Waals surface area (Å²) in [5.41, 5.74) is 2.74. The molecule has 0 aliphatic carbocycles. The average molecular weight is 405 g/mol. The zero-order valence-electron chi connectivity index (χ0n) is 17.1. The zero-order chi connectivity index (χ0) is 20.3. The van der Waals surface area contributed by atoms with Crippen LogP contribution in [0.3, 0.4) is 0 Å². The van der Waals surface area contributed by atoms with Crippen molar-refractivity contribution >= 4 is 23.5 Å². The van der Waals surface area contributed by atoms with Gasteiger partial charge in [-0.2, -0.15) is 5.26 Å². The second-order valence-corrected chi connectivity index (χ2v) is 8.69. The highest BCUT2D eigenvalue weighted by Crippen LogP contribution is 2.39. The number of esters is 1. The summed E-state index contributed by atoms with van der Waals surface area (Å²) in [4.78, 5) is 21.3. The lowest BCUT2D eigenvalue weighted by Gasteiger charge is -2.43. The summed E-state index contributed by atoms with van der Waals surface area (Å²) in [7, 11) is 2.11. The van der Waals surface area contributed by atoms with Crippen LogP contribution >= 0.6 is 11.8 Å². The van der Waals surface area contributed by atoms with Gasteiger partial charge in [-0.1, -0.05) is 11.8 Å². The van der Waals surface area contributed by atoms with Crippen LogP contribution in [-0.4, -0.2) is 67.1 Å². The number of fused-ring (bicyclic) bond motifs is 1. The molecule has 3 rings (SSSR count). The highest BCUT2D eigenvalue weighted by atomic mass is 32.2. The molecule has 2 aliphatic rings. The minimum atomic E-state index is -0.288. The molecular formula is C20H28N4O3S. The van der Waals surface area contributed by atoms with Crippen molar-refractivity contribution in [3.63, 3.8) is 0 Å². The predicted octanol–water partition coefficient (Wildman–Crippen LogP) is 2.21. The number of hydrogen-bond donors (Lipinski definition) is 0. The number of carbonyl (C=O) groups excluding carboxylic acids is 1. The Morgan fingerprint density at radius 3 is 2.71 bits per heavy atom. The van der Waals surface area contributed by atoms with Gasteiger partial charge >= 0.3 is 5.97 Å². The standard InChI is InChI=1S/C20H28N4O3S/c1-5-27-17(25)13-28-19-15(11-21)14-10-20(2,3)23(4)12-16(14)18(22-19)24-6-8-26-9-7-24/h5-10,12-13H2,1-4H3. The van der Waals surface area contributed by atoms with Crippen molar-refractivity contribution < 1.29 is 14.3 Å². The van der Waals surface area contributed by atoms with Gasteiger partial charge in [-0.05, 0) is 39.8 Å². The van der Waals surface area contributed by atoms with Crippen LogP contribution in [0.4, 0.5) is 5.82 Å². The van der Waals surface area contributed by atoms with E-state index in [0.717, 1.165) is 43.0 Å². The number of pyridine rings is 1. The van der Waals surface area contributed by atoms with Crippen LogP contribution < -0.4 is 4.90 Å². The van der Waals surface area contributed by atoms with Crippen molar-refractivity contribution in [2.24, 2.45) is 0 Å². The molecule has 8 heteroatoms. The molecule has 0 saturated carbocycles. The molecule has 0 unspecified atom stereocenters. The summed E-state index contributed by atoms with van der Waals surface area (Å²) >= 11 is 1.29. The SMILES string of the molecule is CCOC(=O)CSc1nc(N2CCOCC2)c2c(c1C#N)CC(C)(C)N(C)C2.